The number of nitrogens with two attached hydrogens (primary N) is 1. The monoisotopic (exact) mass is 413 g/mol. The second-order valence-electron chi connectivity index (χ2n) is 7.79. The first-order chi connectivity index (χ1) is 14.8. The molecule has 0 saturated carbocycles. The number of aromatic amines is 1. The summed E-state index contributed by atoms with van der Waals surface area (Å²) >= 11 is 0. The SMILES string of the molecule is CCc1c(C(N)=O)cccc1-c1c(-c2cc(C)cc(C)c2)[nH]c2ccc([N+](=O)[O-])cc12. The molecule has 0 spiro atoms. The Morgan fingerprint density at radius 3 is 2.39 bits per heavy atom. The number of primary amides is 1. The van der Waals surface area contributed by atoms with E-state index in [0.29, 0.717) is 12.0 Å². The van der Waals surface area contributed by atoms with Crippen LogP contribution < -0.4 is 5.73 Å². The summed E-state index contributed by atoms with van der Waals surface area (Å²) in [6.07, 6.45) is 0.600. The Hall–Kier alpha value is -3.93. The Labute approximate surface area is 179 Å². The average Bonchev–Trinajstić information content (AvgIpc) is 3.10. The number of hydrogen-bond acceptors (Lipinski definition) is 3. The van der Waals surface area contributed by atoms with Gasteiger partial charge in [0.15, 0.2) is 0 Å². The van der Waals surface area contributed by atoms with Crippen molar-refractivity contribution in [2.45, 2.75) is 27.2 Å². The zero-order valence-electron chi connectivity index (χ0n) is 17.7. The van der Waals surface area contributed by atoms with Crippen molar-refractivity contribution in [3.8, 4) is 22.4 Å². The Morgan fingerprint density at radius 2 is 1.77 bits per heavy atom. The van der Waals surface area contributed by atoms with E-state index >= 15 is 0 Å². The summed E-state index contributed by atoms with van der Waals surface area (Å²) in [7, 11) is 0. The molecule has 0 aliphatic rings. The lowest BCUT2D eigenvalue weighted by atomic mass is 9.90. The number of aryl methyl sites for hydroxylation is 2. The normalized spacial score (nSPS) is 11.1. The van der Waals surface area contributed by atoms with Gasteiger partial charge in [-0.15, -0.1) is 0 Å². The van der Waals surface area contributed by atoms with E-state index in [4.69, 9.17) is 5.73 Å². The quantitative estimate of drug-likeness (QED) is 0.324. The van der Waals surface area contributed by atoms with Crippen LogP contribution in [0.3, 0.4) is 0 Å². The lowest BCUT2D eigenvalue weighted by Gasteiger charge is -2.14. The van der Waals surface area contributed by atoms with E-state index in [1.807, 2.05) is 26.8 Å². The highest BCUT2D eigenvalue weighted by atomic mass is 16.6. The molecule has 0 aliphatic carbocycles. The number of rotatable bonds is 5. The van der Waals surface area contributed by atoms with Crippen molar-refractivity contribution in [2.75, 3.05) is 0 Å². The van der Waals surface area contributed by atoms with Crippen LogP contribution in [0.1, 0.15) is 34.0 Å². The lowest BCUT2D eigenvalue weighted by molar-refractivity contribution is -0.384. The molecule has 156 valence electrons. The molecule has 6 nitrogen and oxygen atoms in total. The molecule has 3 aromatic carbocycles. The van der Waals surface area contributed by atoms with Crippen LogP contribution in [0.2, 0.25) is 0 Å². The van der Waals surface area contributed by atoms with Crippen LogP contribution in [0.25, 0.3) is 33.3 Å². The fourth-order valence-electron chi connectivity index (χ4n) is 4.34. The predicted octanol–water partition coefficient (Wildman–Crippen LogP) is 5.69. The summed E-state index contributed by atoms with van der Waals surface area (Å²) in [6, 6.07) is 16.5. The third-order valence-corrected chi connectivity index (χ3v) is 5.57. The van der Waals surface area contributed by atoms with Crippen molar-refractivity contribution in [1.82, 2.24) is 4.98 Å². The van der Waals surface area contributed by atoms with Gasteiger partial charge in [0.25, 0.3) is 5.69 Å². The average molecular weight is 413 g/mol. The molecule has 0 aliphatic heterocycles. The second kappa shape index (κ2) is 7.72. The first-order valence-electron chi connectivity index (χ1n) is 10.1. The second-order valence-corrected chi connectivity index (χ2v) is 7.79. The van der Waals surface area contributed by atoms with E-state index in [1.165, 1.54) is 6.07 Å². The van der Waals surface area contributed by atoms with Gasteiger partial charge in [-0.25, -0.2) is 0 Å². The van der Waals surface area contributed by atoms with E-state index in [9.17, 15) is 14.9 Å². The van der Waals surface area contributed by atoms with Gasteiger partial charge in [0.2, 0.25) is 5.91 Å². The van der Waals surface area contributed by atoms with Crippen molar-refractivity contribution < 1.29 is 9.72 Å². The molecule has 4 rings (SSSR count). The Balaban J connectivity index is 2.14. The molecule has 31 heavy (non-hydrogen) atoms. The van der Waals surface area contributed by atoms with Crippen LogP contribution in [-0.2, 0) is 6.42 Å². The van der Waals surface area contributed by atoms with E-state index in [2.05, 4.69) is 23.2 Å². The molecule has 4 aromatic rings. The van der Waals surface area contributed by atoms with Crippen molar-refractivity contribution in [2.24, 2.45) is 5.73 Å². The Bertz CT molecular complexity index is 1330. The minimum atomic E-state index is -0.488. The van der Waals surface area contributed by atoms with Crippen molar-refractivity contribution in [1.29, 1.82) is 0 Å². The number of benzene rings is 3. The van der Waals surface area contributed by atoms with E-state index in [0.717, 1.165) is 50.0 Å². The van der Waals surface area contributed by atoms with Gasteiger partial charge in [0.1, 0.15) is 0 Å². The summed E-state index contributed by atoms with van der Waals surface area (Å²) < 4.78 is 0. The molecule has 1 amide bonds. The number of aromatic nitrogens is 1. The number of non-ortho nitro benzene ring substituents is 1. The van der Waals surface area contributed by atoms with Crippen LogP contribution >= 0.6 is 0 Å². The fourth-order valence-corrected chi connectivity index (χ4v) is 4.34. The molecule has 0 fully saturated rings. The van der Waals surface area contributed by atoms with E-state index in [1.54, 1.807) is 24.3 Å². The van der Waals surface area contributed by atoms with Gasteiger partial charge < -0.3 is 10.7 Å². The largest absolute Gasteiger partial charge is 0.366 e. The molecule has 1 aromatic heterocycles. The minimum Gasteiger partial charge on any atom is -0.366 e. The maximum absolute atomic E-state index is 12.1. The number of H-pyrrole nitrogens is 1. The van der Waals surface area contributed by atoms with Gasteiger partial charge in [-0.3, -0.25) is 14.9 Å². The molecule has 6 heteroatoms. The molecule has 0 saturated heterocycles. The number of fused-ring (bicyclic) bond motifs is 1. The third kappa shape index (κ3) is 3.57. The smallest absolute Gasteiger partial charge is 0.270 e. The minimum absolute atomic E-state index is 0.0174. The van der Waals surface area contributed by atoms with Gasteiger partial charge in [0, 0.05) is 34.2 Å². The number of carbonyl (C=O) groups is 1. The summed E-state index contributed by atoms with van der Waals surface area (Å²) in [5, 5.41) is 12.2. The lowest BCUT2D eigenvalue weighted by Crippen LogP contribution is -2.14. The van der Waals surface area contributed by atoms with Crippen LogP contribution in [0, 0.1) is 24.0 Å². The summed E-state index contributed by atoms with van der Waals surface area (Å²) in [5.74, 6) is -0.488. The zero-order valence-corrected chi connectivity index (χ0v) is 17.7. The Kier molecular flexibility index (Phi) is 5.07. The summed E-state index contributed by atoms with van der Waals surface area (Å²) in [6.45, 7) is 6.04. The van der Waals surface area contributed by atoms with Crippen molar-refractivity contribution >= 4 is 22.5 Å². The van der Waals surface area contributed by atoms with E-state index < -0.39 is 10.8 Å². The van der Waals surface area contributed by atoms with Crippen LogP contribution in [0.4, 0.5) is 5.69 Å². The number of hydrogen-bond donors (Lipinski definition) is 2. The van der Waals surface area contributed by atoms with Gasteiger partial charge in [-0.2, -0.15) is 0 Å². The fraction of sp³-hybridized carbons (Fsp3) is 0.160. The first kappa shape index (κ1) is 20.3. The van der Waals surface area contributed by atoms with E-state index in [-0.39, 0.29) is 5.69 Å². The molecule has 1 heterocycles. The van der Waals surface area contributed by atoms with Crippen molar-refractivity contribution in [3.05, 3.63) is 87.0 Å². The predicted molar refractivity (Wildman–Crippen MR) is 123 cm³/mol. The number of nitrogens with zero attached hydrogens (tertiary/aromatic N) is 1. The molecule has 3 N–H and O–H groups in total. The van der Waals surface area contributed by atoms with Gasteiger partial charge in [0.05, 0.1) is 10.6 Å². The van der Waals surface area contributed by atoms with Crippen molar-refractivity contribution in [3.63, 3.8) is 0 Å². The molecular weight excluding hydrogens is 390 g/mol. The van der Waals surface area contributed by atoms with Gasteiger partial charge in [-0.05, 0) is 61.2 Å². The first-order valence-corrected chi connectivity index (χ1v) is 10.1. The number of amides is 1. The topological polar surface area (TPSA) is 102 Å². The number of nitro benzene ring substituents is 1. The maximum Gasteiger partial charge on any atom is 0.270 e. The Morgan fingerprint density at radius 1 is 1.06 bits per heavy atom. The number of carbonyl (C=O) groups excluding carboxylic acids is 1. The molecule has 0 radical (unpaired) electrons. The number of nitrogens with one attached hydrogen (secondary N) is 1. The van der Waals surface area contributed by atoms with Crippen LogP contribution in [-0.4, -0.2) is 15.8 Å². The number of nitro groups is 1. The summed E-state index contributed by atoms with van der Waals surface area (Å²) in [4.78, 5) is 26.6. The third-order valence-electron chi connectivity index (χ3n) is 5.57. The van der Waals surface area contributed by atoms with Gasteiger partial charge >= 0.3 is 0 Å². The van der Waals surface area contributed by atoms with Gasteiger partial charge in [-0.1, -0.05) is 36.2 Å². The van der Waals surface area contributed by atoms with Crippen LogP contribution in [0.15, 0.2) is 54.6 Å². The highest BCUT2D eigenvalue weighted by molar-refractivity contribution is 6.07. The summed E-state index contributed by atoms with van der Waals surface area (Å²) in [5.41, 5.74) is 13.5. The highest BCUT2D eigenvalue weighted by Crippen LogP contribution is 2.42. The van der Waals surface area contributed by atoms with Crippen LogP contribution in [0.5, 0.6) is 0 Å². The highest BCUT2D eigenvalue weighted by Gasteiger charge is 2.22. The molecule has 0 unspecified atom stereocenters. The zero-order chi connectivity index (χ0) is 22.3. The maximum atomic E-state index is 12.1. The molecule has 0 bridgehead atoms. The molecule has 0 atom stereocenters. The molecular formula is C25H23N3O3. The standard InChI is InChI=1S/C25H23N3O3/c1-4-18-19(6-5-7-20(18)25(26)29)23-21-13-17(28(30)31)8-9-22(21)27-24(23)16-11-14(2)10-15(3)12-16/h5-13,27H,4H2,1-3H3,(H2,26,29).